The highest BCUT2D eigenvalue weighted by Gasteiger charge is 2.29. The second kappa shape index (κ2) is 5.59. The summed E-state index contributed by atoms with van der Waals surface area (Å²) < 4.78 is 32.4. The topological polar surface area (TPSA) is 76.5 Å². The molecule has 2 rings (SSSR count). The Bertz CT molecular complexity index is 686. The number of thiophene rings is 1. The molecule has 0 saturated heterocycles. The van der Waals surface area contributed by atoms with E-state index in [2.05, 4.69) is 0 Å². The Kier molecular flexibility index (Phi) is 4.22. The van der Waals surface area contributed by atoms with E-state index in [4.69, 9.17) is 10.2 Å². The monoisotopic (exact) mass is 314 g/mol. The van der Waals surface area contributed by atoms with Gasteiger partial charge in [0.15, 0.2) is 0 Å². The minimum absolute atomic E-state index is 0.172. The average molecular weight is 314 g/mol. The molecule has 0 spiro atoms. The number of hydrogen-bond donors (Lipinski definition) is 1. The zero-order valence-electron chi connectivity index (χ0n) is 11.7. The summed E-state index contributed by atoms with van der Waals surface area (Å²) in [6.07, 6.45) is 0. The second-order valence-electron chi connectivity index (χ2n) is 4.86. The molecule has 0 bridgehead atoms. The van der Waals surface area contributed by atoms with Gasteiger partial charge in [-0.2, -0.15) is 4.31 Å². The van der Waals surface area contributed by atoms with Crippen LogP contribution in [0, 0.1) is 6.92 Å². The van der Waals surface area contributed by atoms with E-state index in [0.717, 1.165) is 17.1 Å². The third kappa shape index (κ3) is 3.05. The van der Waals surface area contributed by atoms with E-state index in [9.17, 15) is 8.42 Å². The fourth-order valence-electron chi connectivity index (χ4n) is 1.85. The molecule has 110 valence electrons. The van der Waals surface area contributed by atoms with Gasteiger partial charge in [0, 0.05) is 17.1 Å². The highest BCUT2D eigenvalue weighted by molar-refractivity contribution is 7.91. The molecular weight excluding hydrogens is 296 g/mol. The Balaban J connectivity index is 2.33. The number of sulfonamides is 1. The maximum absolute atomic E-state index is 12.6. The summed E-state index contributed by atoms with van der Waals surface area (Å²) in [5.41, 5.74) is 6.08. The van der Waals surface area contributed by atoms with E-state index in [0.29, 0.717) is 11.4 Å². The van der Waals surface area contributed by atoms with Crippen molar-refractivity contribution < 1.29 is 12.8 Å². The summed E-state index contributed by atoms with van der Waals surface area (Å²) in [6.45, 7) is 5.72. The van der Waals surface area contributed by atoms with Gasteiger partial charge in [0.1, 0.15) is 15.7 Å². The van der Waals surface area contributed by atoms with Crippen LogP contribution in [-0.2, 0) is 16.6 Å². The molecular formula is C13H18N2O3S2. The minimum Gasteiger partial charge on any atom is -0.465 e. The smallest absolute Gasteiger partial charge is 0.253 e. The summed E-state index contributed by atoms with van der Waals surface area (Å²) in [5, 5.41) is 1.63. The third-order valence-electron chi connectivity index (χ3n) is 2.84. The molecule has 0 unspecified atom stereocenters. The lowest BCUT2D eigenvalue weighted by Crippen LogP contribution is -2.35. The van der Waals surface area contributed by atoms with Crippen LogP contribution in [0.4, 0.5) is 5.69 Å². The van der Waals surface area contributed by atoms with E-state index in [-0.39, 0.29) is 16.8 Å². The van der Waals surface area contributed by atoms with E-state index >= 15 is 0 Å². The largest absolute Gasteiger partial charge is 0.465 e. The predicted molar refractivity (Wildman–Crippen MR) is 80.0 cm³/mol. The van der Waals surface area contributed by atoms with Gasteiger partial charge >= 0.3 is 0 Å². The molecule has 2 aromatic heterocycles. The van der Waals surface area contributed by atoms with Crippen molar-refractivity contribution in [1.29, 1.82) is 0 Å². The first-order chi connectivity index (χ1) is 9.30. The van der Waals surface area contributed by atoms with Crippen molar-refractivity contribution in [3.05, 3.63) is 35.1 Å². The first-order valence-electron chi connectivity index (χ1n) is 6.22. The lowest BCUT2D eigenvalue weighted by molar-refractivity contribution is 0.315. The highest BCUT2D eigenvalue weighted by Crippen LogP contribution is 2.27. The molecule has 2 heterocycles. The molecule has 0 saturated carbocycles. The number of anilines is 1. The van der Waals surface area contributed by atoms with Crippen molar-refractivity contribution in [1.82, 2.24) is 4.31 Å². The Hall–Kier alpha value is -1.31. The zero-order valence-corrected chi connectivity index (χ0v) is 13.3. The fraction of sp³-hybridized carbons (Fsp3) is 0.385. The SMILES string of the molecule is Cc1ccc(CN(C(C)C)S(=O)(=O)c2cc(N)cs2)o1. The molecule has 2 aromatic rings. The molecule has 20 heavy (non-hydrogen) atoms. The quantitative estimate of drug-likeness (QED) is 0.920. The van der Waals surface area contributed by atoms with Gasteiger partial charge < -0.3 is 10.2 Å². The molecule has 0 aromatic carbocycles. The van der Waals surface area contributed by atoms with Crippen LogP contribution in [0.1, 0.15) is 25.4 Å². The standard InChI is InChI=1S/C13H18N2O3S2/c1-9(2)15(7-12-5-4-10(3)18-12)20(16,17)13-6-11(14)8-19-13/h4-6,8-9H,7,14H2,1-3H3. The summed E-state index contributed by atoms with van der Waals surface area (Å²) in [6, 6.07) is 4.93. The number of rotatable bonds is 5. The summed E-state index contributed by atoms with van der Waals surface area (Å²) in [7, 11) is -3.56. The van der Waals surface area contributed by atoms with Crippen LogP contribution >= 0.6 is 11.3 Å². The van der Waals surface area contributed by atoms with Crippen molar-refractivity contribution >= 4 is 27.0 Å². The Morgan fingerprint density at radius 3 is 2.55 bits per heavy atom. The second-order valence-corrected chi connectivity index (χ2v) is 7.88. The van der Waals surface area contributed by atoms with Crippen molar-refractivity contribution in [3.8, 4) is 0 Å². The fourth-order valence-corrected chi connectivity index (χ4v) is 4.66. The average Bonchev–Trinajstić information content (AvgIpc) is 2.94. The maximum atomic E-state index is 12.6. The van der Waals surface area contributed by atoms with E-state index in [1.807, 2.05) is 26.8 Å². The van der Waals surface area contributed by atoms with Crippen molar-refractivity contribution in [2.24, 2.45) is 0 Å². The molecule has 0 radical (unpaired) electrons. The van der Waals surface area contributed by atoms with Crippen molar-refractivity contribution in [2.45, 2.75) is 37.6 Å². The molecule has 0 fully saturated rings. The van der Waals surface area contributed by atoms with Gasteiger partial charge in [0.25, 0.3) is 10.0 Å². The third-order valence-corrected chi connectivity index (χ3v) is 6.30. The lowest BCUT2D eigenvalue weighted by Gasteiger charge is -2.24. The first-order valence-corrected chi connectivity index (χ1v) is 8.54. The molecule has 2 N–H and O–H groups in total. The minimum atomic E-state index is -3.56. The lowest BCUT2D eigenvalue weighted by atomic mass is 10.3. The van der Waals surface area contributed by atoms with Gasteiger partial charge in [-0.15, -0.1) is 11.3 Å². The number of aryl methyl sites for hydroxylation is 1. The van der Waals surface area contributed by atoms with Crippen LogP contribution in [0.2, 0.25) is 0 Å². The van der Waals surface area contributed by atoms with Gasteiger partial charge in [-0.05, 0) is 39.0 Å². The summed E-state index contributed by atoms with van der Waals surface area (Å²) in [5.74, 6) is 1.39. The Labute approximate surface area is 123 Å². The normalized spacial score (nSPS) is 12.4. The predicted octanol–water partition coefficient (Wildman–Crippen LogP) is 2.83. The molecule has 5 nitrogen and oxygen atoms in total. The zero-order chi connectivity index (χ0) is 14.9. The van der Waals surface area contributed by atoms with Gasteiger partial charge in [-0.3, -0.25) is 0 Å². The summed E-state index contributed by atoms with van der Waals surface area (Å²) >= 11 is 1.13. The molecule has 0 aliphatic heterocycles. The van der Waals surface area contributed by atoms with Gasteiger partial charge in [-0.1, -0.05) is 0 Å². The van der Waals surface area contributed by atoms with Crippen molar-refractivity contribution in [3.63, 3.8) is 0 Å². The number of hydrogen-bond acceptors (Lipinski definition) is 5. The molecule has 7 heteroatoms. The van der Waals surface area contributed by atoms with Crippen LogP contribution in [0.25, 0.3) is 0 Å². The van der Waals surface area contributed by atoms with Crippen LogP contribution < -0.4 is 5.73 Å². The number of nitrogen functional groups attached to an aromatic ring is 1. The first kappa shape index (κ1) is 15.1. The van der Waals surface area contributed by atoms with Gasteiger partial charge in [0.2, 0.25) is 0 Å². The van der Waals surface area contributed by atoms with E-state index < -0.39 is 10.0 Å². The van der Waals surface area contributed by atoms with Gasteiger partial charge in [-0.25, -0.2) is 8.42 Å². The van der Waals surface area contributed by atoms with E-state index in [1.54, 1.807) is 11.4 Å². The van der Waals surface area contributed by atoms with E-state index in [1.165, 1.54) is 10.4 Å². The Morgan fingerprint density at radius 2 is 2.10 bits per heavy atom. The van der Waals surface area contributed by atoms with Crippen LogP contribution in [0.15, 0.2) is 32.2 Å². The molecule has 0 aliphatic carbocycles. The molecule has 0 atom stereocenters. The summed E-state index contributed by atoms with van der Waals surface area (Å²) in [4.78, 5) is 0. The number of nitrogens with two attached hydrogens (primary N) is 1. The van der Waals surface area contributed by atoms with Crippen LogP contribution in [0.5, 0.6) is 0 Å². The highest BCUT2D eigenvalue weighted by atomic mass is 32.2. The van der Waals surface area contributed by atoms with Crippen molar-refractivity contribution in [2.75, 3.05) is 5.73 Å². The van der Waals surface area contributed by atoms with Crippen LogP contribution in [-0.4, -0.2) is 18.8 Å². The molecule has 0 aliphatic rings. The Morgan fingerprint density at radius 1 is 1.40 bits per heavy atom. The van der Waals surface area contributed by atoms with Gasteiger partial charge in [0.05, 0.1) is 6.54 Å². The maximum Gasteiger partial charge on any atom is 0.253 e. The van der Waals surface area contributed by atoms with Crippen LogP contribution in [0.3, 0.4) is 0 Å². The number of nitrogens with zero attached hydrogens (tertiary/aromatic N) is 1. The molecule has 0 amide bonds. The number of furan rings is 1.